The van der Waals surface area contributed by atoms with E-state index in [1.54, 1.807) is 19.0 Å². The van der Waals surface area contributed by atoms with Crippen LogP contribution >= 0.6 is 0 Å². The number of rotatable bonds is 3. The van der Waals surface area contributed by atoms with Gasteiger partial charge in [-0.1, -0.05) is 0 Å². The van der Waals surface area contributed by atoms with E-state index >= 15 is 0 Å². The fraction of sp³-hybridized carbons (Fsp3) is 0.556. The molecule has 1 aliphatic carbocycles. The third-order valence-corrected chi connectivity index (χ3v) is 4.97. The summed E-state index contributed by atoms with van der Waals surface area (Å²) in [6, 6.07) is 3.27. The van der Waals surface area contributed by atoms with E-state index in [1.807, 2.05) is 0 Å². The lowest BCUT2D eigenvalue weighted by molar-refractivity contribution is -0.127. The van der Waals surface area contributed by atoms with Crippen LogP contribution in [0.2, 0.25) is 0 Å². The zero-order valence-electron chi connectivity index (χ0n) is 14.5. The molecule has 0 radical (unpaired) electrons. The number of benzene rings is 1. The number of hydrogen-bond acceptors (Lipinski definition) is 2. The third-order valence-electron chi connectivity index (χ3n) is 4.97. The Morgan fingerprint density at radius 3 is 2.40 bits per heavy atom. The molecule has 3 amide bonds. The summed E-state index contributed by atoms with van der Waals surface area (Å²) in [5.41, 5.74) is -0.205. The summed E-state index contributed by atoms with van der Waals surface area (Å²) in [4.78, 5) is 28.0. The van der Waals surface area contributed by atoms with E-state index in [0.29, 0.717) is 37.9 Å². The topological polar surface area (TPSA) is 52.7 Å². The average molecular weight is 351 g/mol. The van der Waals surface area contributed by atoms with E-state index in [0.717, 1.165) is 12.5 Å². The molecule has 136 valence electrons. The Morgan fingerprint density at radius 2 is 1.84 bits per heavy atom. The van der Waals surface area contributed by atoms with Gasteiger partial charge in [0.25, 0.3) is 0 Å². The van der Waals surface area contributed by atoms with Gasteiger partial charge in [-0.3, -0.25) is 4.79 Å². The molecule has 1 heterocycles. The maximum Gasteiger partial charge on any atom is 0.319 e. The van der Waals surface area contributed by atoms with Crippen molar-refractivity contribution in [2.75, 3.05) is 27.2 Å². The Bertz CT molecular complexity index is 669. The van der Waals surface area contributed by atoms with Crippen LogP contribution in [0.1, 0.15) is 31.2 Å². The van der Waals surface area contributed by atoms with Crippen molar-refractivity contribution in [3.63, 3.8) is 0 Å². The number of halogens is 2. The highest BCUT2D eigenvalue weighted by Gasteiger charge is 2.47. The van der Waals surface area contributed by atoms with Crippen molar-refractivity contribution < 1.29 is 18.4 Å². The van der Waals surface area contributed by atoms with E-state index in [1.165, 1.54) is 17.0 Å². The van der Waals surface area contributed by atoms with Gasteiger partial charge in [-0.15, -0.1) is 0 Å². The van der Waals surface area contributed by atoms with Gasteiger partial charge in [-0.05, 0) is 43.4 Å². The molecule has 1 atom stereocenters. The van der Waals surface area contributed by atoms with Crippen LogP contribution in [0, 0.1) is 17.6 Å². The molecule has 0 bridgehead atoms. The number of urea groups is 1. The number of nitrogens with one attached hydrogen (secondary N) is 1. The highest BCUT2D eigenvalue weighted by Crippen LogP contribution is 2.46. The minimum absolute atomic E-state index is 0.106. The molecule has 0 unspecified atom stereocenters. The lowest BCUT2D eigenvalue weighted by Gasteiger charge is -2.34. The predicted molar refractivity (Wildman–Crippen MR) is 88.8 cm³/mol. The minimum Gasteiger partial charge on any atom is -0.346 e. The van der Waals surface area contributed by atoms with Gasteiger partial charge in [0.05, 0.1) is 11.5 Å². The summed E-state index contributed by atoms with van der Waals surface area (Å²) >= 11 is 0. The van der Waals surface area contributed by atoms with Crippen LogP contribution in [0.5, 0.6) is 0 Å². The fourth-order valence-electron chi connectivity index (χ4n) is 3.43. The van der Waals surface area contributed by atoms with E-state index in [-0.39, 0.29) is 17.9 Å². The number of hydrogen-bond donors (Lipinski definition) is 1. The number of nitrogens with zero attached hydrogens (tertiary/aromatic N) is 2. The monoisotopic (exact) mass is 351 g/mol. The van der Waals surface area contributed by atoms with Crippen LogP contribution < -0.4 is 5.32 Å². The Balaban J connectivity index is 1.68. The summed E-state index contributed by atoms with van der Waals surface area (Å²) in [6.07, 6.45) is 2.79. The van der Waals surface area contributed by atoms with Crippen LogP contribution in [-0.2, 0) is 10.3 Å². The van der Waals surface area contributed by atoms with Crippen molar-refractivity contribution in [3.05, 3.63) is 35.4 Å². The molecule has 2 aliphatic rings. The smallest absolute Gasteiger partial charge is 0.319 e. The van der Waals surface area contributed by atoms with Crippen LogP contribution in [-0.4, -0.2) is 48.9 Å². The predicted octanol–water partition coefficient (Wildman–Crippen LogP) is 2.46. The van der Waals surface area contributed by atoms with Crippen LogP contribution in [0.4, 0.5) is 13.6 Å². The Hall–Kier alpha value is -2.18. The van der Waals surface area contributed by atoms with Gasteiger partial charge >= 0.3 is 6.03 Å². The van der Waals surface area contributed by atoms with Crippen molar-refractivity contribution in [1.29, 1.82) is 0 Å². The van der Waals surface area contributed by atoms with Crippen molar-refractivity contribution in [2.45, 2.75) is 31.2 Å². The molecule has 5 nitrogen and oxygen atoms in total. The van der Waals surface area contributed by atoms with E-state index < -0.39 is 17.2 Å². The van der Waals surface area contributed by atoms with E-state index in [2.05, 4.69) is 5.32 Å². The first-order valence-electron chi connectivity index (χ1n) is 8.55. The molecule has 0 aromatic heterocycles. The standard InChI is InChI=1S/C18H23F2N3O2/c1-22(2)17(25)23-7-3-4-12(11-23)16(24)21-18(5-6-18)13-8-14(19)10-15(20)9-13/h8-10,12H,3-7,11H2,1-2H3,(H,21,24)/t12-/m1/s1. The first-order valence-corrected chi connectivity index (χ1v) is 8.55. The van der Waals surface area contributed by atoms with E-state index in [9.17, 15) is 18.4 Å². The Morgan fingerprint density at radius 1 is 1.20 bits per heavy atom. The lowest BCUT2D eigenvalue weighted by atomic mass is 9.95. The lowest BCUT2D eigenvalue weighted by Crippen LogP contribution is -2.50. The third kappa shape index (κ3) is 3.75. The molecule has 1 aromatic rings. The largest absolute Gasteiger partial charge is 0.346 e. The summed E-state index contributed by atoms with van der Waals surface area (Å²) in [5.74, 6) is -1.74. The Kier molecular flexibility index (Phi) is 4.67. The second-order valence-electron chi connectivity index (χ2n) is 7.19. The van der Waals surface area contributed by atoms with Crippen molar-refractivity contribution in [1.82, 2.24) is 15.1 Å². The molecule has 1 aliphatic heterocycles. The maximum atomic E-state index is 13.5. The molecule has 0 spiro atoms. The quantitative estimate of drug-likeness (QED) is 0.910. The molecule has 1 saturated heterocycles. The van der Waals surface area contributed by atoms with Gasteiger partial charge in [0.15, 0.2) is 0 Å². The zero-order chi connectivity index (χ0) is 18.2. The first-order chi connectivity index (χ1) is 11.8. The highest BCUT2D eigenvalue weighted by atomic mass is 19.1. The SMILES string of the molecule is CN(C)C(=O)N1CCC[C@@H](C(=O)NC2(c3cc(F)cc(F)c3)CC2)C1. The molecule has 3 rings (SSSR count). The zero-order valence-corrected chi connectivity index (χ0v) is 14.5. The van der Waals surface area contributed by atoms with Gasteiger partial charge < -0.3 is 15.1 Å². The molecule has 1 N–H and O–H groups in total. The summed E-state index contributed by atoms with van der Waals surface area (Å²) in [6.45, 7) is 1.01. The van der Waals surface area contributed by atoms with Gasteiger partial charge in [0.2, 0.25) is 5.91 Å². The number of piperidine rings is 1. The molecule has 25 heavy (non-hydrogen) atoms. The fourth-order valence-corrected chi connectivity index (χ4v) is 3.43. The number of amides is 3. The van der Waals surface area contributed by atoms with Gasteiger partial charge in [0.1, 0.15) is 11.6 Å². The number of carbonyl (C=O) groups is 2. The van der Waals surface area contributed by atoms with E-state index in [4.69, 9.17) is 0 Å². The van der Waals surface area contributed by atoms with Gasteiger partial charge in [0, 0.05) is 33.3 Å². The molecule has 1 aromatic carbocycles. The number of carbonyl (C=O) groups excluding carboxylic acids is 2. The molecule has 7 heteroatoms. The second-order valence-corrected chi connectivity index (χ2v) is 7.19. The van der Waals surface area contributed by atoms with Crippen LogP contribution in [0.25, 0.3) is 0 Å². The van der Waals surface area contributed by atoms with Crippen molar-refractivity contribution in [3.8, 4) is 0 Å². The van der Waals surface area contributed by atoms with Crippen molar-refractivity contribution >= 4 is 11.9 Å². The molecular formula is C18H23F2N3O2. The average Bonchev–Trinajstić information content (AvgIpc) is 3.34. The molecular weight excluding hydrogens is 328 g/mol. The normalized spacial score (nSPS) is 21.6. The minimum atomic E-state index is -0.673. The second kappa shape index (κ2) is 6.61. The van der Waals surface area contributed by atoms with Crippen molar-refractivity contribution in [2.24, 2.45) is 5.92 Å². The van der Waals surface area contributed by atoms with Crippen LogP contribution in [0.3, 0.4) is 0 Å². The molecule has 1 saturated carbocycles. The first kappa shape index (κ1) is 17.6. The molecule has 2 fully saturated rings. The van der Waals surface area contributed by atoms with Gasteiger partial charge in [-0.2, -0.15) is 0 Å². The summed E-state index contributed by atoms with van der Waals surface area (Å²) in [5, 5.41) is 2.97. The van der Waals surface area contributed by atoms with Crippen LogP contribution in [0.15, 0.2) is 18.2 Å². The Labute approximate surface area is 146 Å². The highest BCUT2D eigenvalue weighted by molar-refractivity contribution is 5.82. The summed E-state index contributed by atoms with van der Waals surface area (Å²) < 4.78 is 27.0. The maximum absolute atomic E-state index is 13.5. The number of likely N-dealkylation sites (tertiary alicyclic amines) is 1. The summed E-state index contributed by atoms with van der Waals surface area (Å²) in [7, 11) is 3.37. The van der Waals surface area contributed by atoms with Gasteiger partial charge in [-0.25, -0.2) is 13.6 Å².